The van der Waals surface area contributed by atoms with Crippen LogP contribution in [0, 0.1) is 12.7 Å². The summed E-state index contributed by atoms with van der Waals surface area (Å²) in [7, 11) is 0. The number of aryl methyl sites for hydroxylation is 1. The lowest BCUT2D eigenvalue weighted by molar-refractivity contribution is 0.252. The topological polar surface area (TPSA) is 79.8 Å². The molecule has 7 heteroatoms. The van der Waals surface area contributed by atoms with Crippen LogP contribution in [0.15, 0.2) is 36.5 Å². The third kappa shape index (κ3) is 3.29. The van der Waals surface area contributed by atoms with Crippen LogP contribution in [0.4, 0.5) is 15.0 Å². The molecular weight excluding hydrogens is 309 g/mol. The van der Waals surface area contributed by atoms with Crippen molar-refractivity contribution in [1.82, 2.24) is 20.3 Å². The fourth-order valence-corrected chi connectivity index (χ4v) is 2.18. The van der Waals surface area contributed by atoms with Crippen molar-refractivity contribution in [3.63, 3.8) is 0 Å². The Balaban J connectivity index is 1.96. The highest BCUT2D eigenvalue weighted by molar-refractivity contribution is 5.89. The fraction of sp³-hybridized carbons (Fsp3) is 0.176. The molecule has 0 aliphatic rings. The van der Waals surface area contributed by atoms with E-state index in [1.807, 2.05) is 6.92 Å². The largest absolute Gasteiger partial charge is 0.338 e. The van der Waals surface area contributed by atoms with E-state index in [9.17, 15) is 9.18 Å². The van der Waals surface area contributed by atoms with Gasteiger partial charge in [0.05, 0.1) is 11.9 Å². The Bertz CT molecular complexity index is 913. The van der Waals surface area contributed by atoms with Crippen molar-refractivity contribution in [1.29, 1.82) is 0 Å². The molecule has 0 bridgehead atoms. The summed E-state index contributed by atoms with van der Waals surface area (Å²) in [5.41, 5.74) is 2.68. The number of anilines is 1. The summed E-state index contributed by atoms with van der Waals surface area (Å²) in [5.74, 6) is 0.0731. The Morgan fingerprint density at radius 2 is 2.04 bits per heavy atom. The minimum Gasteiger partial charge on any atom is -0.338 e. The molecule has 0 aliphatic heterocycles. The van der Waals surface area contributed by atoms with E-state index < -0.39 is 0 Å². The van der Waals surface area contributed by atoms with Crippen LogP contribution in [0.25, 0.3) is 22.4 Å². The first-order valence-corrected chi connectivity index (χ1v) is 7.52. The molecule has 0 atom stereocenters. The van der Waals surface area contributed by atoms with Crippen LogP contribution in [0.5, 0.6) is 0 Å². The van der Waals surface area contributed by atoms with Gasteiger partial charge in [0.2, 0.25) is 0 Å². The highest BCUT2D eigenvalue weighted by Crippen LogP contribution is 2.21. The van der Waals surface area contributed by atoms with Gasteiger partial charge in [-0.25, -0.2) is 19.2 Å². The van der Waals surface area contributed by atoms with Crippen LogP contribution in [-0.2, 0) is 0 Å². The van der Waals surface area contributed by atoms with E-state index in [1.54, 1.807) is 37.4 Å². The normalized spacial score (nSPS) is 10.6. The quantitative estimate of drug-likeness (QED) is 0.774. The van der Waals surface area contributed by atoms with E-state index in [0.717, 1.165) is 0 Å². The molecule has 6 nitrogen and oxygen atoms in total. The van der Waals surface area contributed by atoms with Gasteiger partial charge in [0, 0.05) is 12.1 Å². The number of carbonyl (C=O) groups excluding carboxylic acids is 1. The molecule has 24 heavy (non-hydrogen) atoms. The molecule has 0 spiro atoms. The molecular formula is C17H16FN5O. The van der Waals surface area contributed by atoms with Crippen molar-refractivity contribution in [2.24, 2.45) is 0 Å². The molecule has 0 fully saturated rings. The summed E-state index contributed by atoms with van der Waals surface area (Å²) in [6, 6.07) is 7.92. The number of halogens is 1. The number of pyridine rings is 1. The number of fused-ring (bicyclic) bond motifs is 1. The molecule has 3 rings (SSSR count). The van der Waals surface area contributed by atoms with Gasteiger partial charge >= 0.3 is 6.03 Å². The maximum atomic E-state index is 13.7. The lowest BCUT2D eigenvalue weighted by atomic mass is 10.1. The number of carbonyl (C=O) groups is 1. The highest BCUT2D eigenvalue weighted by Gasteiger charge is 2.08. The molecule has 0 saturated carbocycles. The number of amides is 2. The summed E-state index contributed by atoms with van der Waals surface area (Å²) < 4.78 is 13.7. The average molecular weight is 325 g/mol. The molecule has 2 aromatic heterocycles. The van der Waals surface area contributed by atoms with E-state index in [4.69, 9.17) is 0 Å². The van der Waals surface area contributed by atoms with Crippen LogP contribution in [0.2, 0.25) is 0 Å². The van der Waals surface area contributed by atoms with Gasteiger partial charge in [-0.3, -0.25) is 10.3 Å². The van der Waals surface area contributed by atoms with E-state index in [2.05, 4.69) is 25.6 Å². The van der Waals surface area contributed by atoms with Gasteiger partial charge in [0.25, 0.3) is 0 Å². The first-order valence-electron chi connectivity index (χ1n) is 7.52. The summed E-state index contributed by atoms with van der Waals surface area (Å²) in [4.78, 5) is 24.6. The van der Waals surface area contributed by atoms with E-state index >= 15 is 0 Å². The first-order chi connectivity index (χ1) is 11.6. The molecule has 0 saturated heterocycles. The van der Waals surface area contributed by atoms with E-state index in [0.29, 0.717) is 40.3 Å². The van der Waals surface area contributed by atoms with Gasteiger partial charge in [-0.05, 0) is 37.6 Å². The summed E-state index contributed by atoms with van der Waals surface area (Å²) >= 11 is 0. The summed E-state index contributed by atoms with van der Waals surface area (Å²) in [6.07, 6.45) is 1.57. The lowest BCUT2D eigenvalue weighted by Gasteiger charge is -2.07. The minimum absolute atomic E-state index is 0.297. The van der Waals surface area contributed by atoms with Crippen LogP contribution < -0.4 is 10.6 Å². The van der Waals surface area contributed by atoms with Crippen molar-refractivity contribution < 1.29 is 9.18 Å². The second kappa shape index (κ2) is 6.57. The lowest BCUT2D eigenvalue weighted by Crippen LogP contribution is -2.28. The van der Waals surface area contributed by atoms with Crippen molar-refractivity contribution in [3.05, 3.63) is 47.9 Å². The van der Waals surface area contributed by atoms with Crippen molar-refractivity contribution in [3.8, 4) is 11.3 Å². The molecule has 122 valence electrons. The van der Waals surface area contributed by atoms with Gasteiger partial charge in [-0.1, -0.05) is 12.1 Å². The third-order valence-electron chi connectivity index (χ3n) is 3.45. The molecule has 0 radical (unpaired) electrons. The zero-order chi connectivity index (χ0) is 17.1. The second-order valence-electron chi connectivity index (χ2n) is 5.24. The third-order valence-corrected chi connectivity index (χ3v) is 3.45. The van der Waals surface area contributed by atoms with Crippen molar-refractivity contribution in [2.75, 3.05) is 11.9 Å². The first kappa shape index (κ1) is 15.8. The van der Waals surface area contributed by atoms with Crippen LogP contribution in [-0.4, -0.2) is 27.5 Å². The van der Waals surface area contributed by atoms with Crippen LogP contribution >= 0.6 is 0 Å². The molecule has 1 aromatic carbocycles. The molecule has 3 aromatic rings. The number of hydrogen-bond acceptors (Lipinski definition) is 4. The predicted octanol–water partition coefficient (Wildman–Crippen LogP) is 3.28. The van der Waals surface area contributed by atoms with Gasteiger partial charge in [0.15, 0.2) is 5.65 Å². The van der Waals surface area contributed by atoms with E-state index in [1.165, 1.54) is 6.07 Å². The van der Waals surface area contributed by atoms with Crippen LogP contribution in [0.3, 0.4) is 0 Å². The number of urea groups is 1. The maximum absolute atomic E-state index is 13.7. The number of nitrogens with one attached hydrogen (secondary N) is 2. The number of benzene rings is 1. The Labute approximate surface area is 138 Å². The zero-order valence-electron chi connectivity index (χ0n) is 13.3. The van der Waals surface area contributed by atoms with Crippen molar-refractivity contribution in [2.45, 2.75) is 13.8 Å². The Morgan fingerprint density at radius 1 is 1.21 bits per heavy atom. The smallest absolute Gasteiger partial charge is 0.320 e. The SMILES string of the molecule is CCNC(=O)Nc1ccc2ncc(-c3ccc(C)c(F)c3)nc2n1. The summed E-state index contributed by atoms with van der Waals surface area (Å²) in [6.45, 7) is 4.04. The number of aromatic nitrogens is 3. The molecule has 2 N–H and O–H groups in total. The highest BCUT2D eigenvalue weighted by atomic mass is 19.1. The van der Waals surface area contributed by atoms with Crippen molar-refractivity contribution >= 4 is 23.0 Å². The maximum Gasteiger partial charge on any atom is 0.320 e. The average Bonchev–Trinajstić information content (AvgIpc) is 2.57. The minimum atomic E-state index is -0.339. The molecule has 0 aliphatic carbocycles. The Morgan fingerprint density at radius 3 is 2.79 bits per heavy atom. The number of rotatable bonds is 3. The van der Waals surface area contributed by atoms with Crippen LogP contribution in [0.1, 0.15) is 12.5 Å². The standard InChI is InChI=1S/C17H16FN5O/c1-3-19-17(24)23-15-7-6-13-16(22-15)21-14(9-20-13)11-5-4-10(2)12(18)8-11/h4-9H,3H2,1-2H3,(H2,19,21,22,23,24). The molecule has 2 amide bonds. The van der Waals surface area contributed by atoms with Gasteiger partial charge in [-0.2, -0.15) is 0 Å². The predicted molar refractivity (Wildman–Crippen MR) is 90.2 cm³/mol. The van der Waals surface area contributed by atoms with Gasteiger partial charge in [0.1, 0.15) is 17.2 Å². The fourth-order valence-electron chi connectivity index (χ4n) is 2.18. The van der Waals surface area contributed by atoms with Gasteiger partial charge in [-0.15, -0.1) is 0 Å². The number of hydrogen-bond donors (Lipinski definition) is 2. The number of nitrogens with zero attached hydrogens (tertiary/aromatic N) is 3. The Hall–Kier alpha value is -3.09. The summed E-state index contributed by atoms with van der Waals surface area (Å²) in [5, 5.41) is 5.24. The Kier molecular flexibility index (Phi) is 4.33. The second-order valence-corrected chi connectivity index (χ2v) is 5.24. The molecule has 0 unspecified atom stereocenters. The molecule has 2 heterocycles. The van der Waals surface area contributed by atoms with E-state index in [-0.39, 0.29) is 11.8 Å². The van der Waals surface area contributed by atoms with Gasteiger partial charge < -0.3 is 5.32 Å². The zero-order valence-corrected chi connectivity index (χ0v) is 13.3. The monoisotopic (exact) mass is 325 g/mol.